The molecule has 1 heterocycles. The minimum Gasteiger partial charge on any atom is -0.385 e. The van der Waals surface area contributed by atoms with Crippen LogP contribution in [0.1, 0.15) is 10.7 Å². The molecule has 4 heteroatoms. The van der Waals surface area contributed by atoms with Gasteiger partial charge < -0.3 is 10.2 Å². The Balaban J connectivity index is 1.83. The quantitative estimate of drug-likeness (QED) is 0.896. The highest BCUT2D eigenvalue weighted by Crippen LogP contribution is 2.16. The van der Waals surface area contributed by atoms with Crippen LogP contribution in [0.3, 0.4) is 0 Å². The van der Waals surface area contributed by atoms with Gasteiger partial charge in [0.05, 0.1) is 5.01 Å². The van der Waals surface area contributed by atoms with E-state index in [2.05, 4.69) is 44.8 Å². The Morgan fingerprint density at radius 1 is 1.22 bits per heavy atom. The standard InChI is InChI=1S/C14H19N3S/c1-11-10-18-14(16-11)8-9-15-12-4-6-13(7-5-12)17(2)3/h4-7,10,15H,8-9H2,1-3H3. The van der Waals surface area contributed by atoms with Crippen molar-refractivity contribution in [3.8, 4) is 0 Å². The van der Waals surface area contributed by atoms with Gasteiger partial charge in [-0.25, -0.2) is 4.98 Å². The second-order valence-electron chi connectivity index (χ2n) is 4.50. The Hall–Kier alpha value is -1.55. The van der Waals surface area contributed by atoms with E-state index in [0.717, 1.165) is 24.3 Å². The number of nitrogens with zero attached hydrogens (tertiary/aromatic N) is 2. The van der Waals surface area contributed by atoms with Gasteiger partial charge in [-0.1, -0.05) is 0 Å². The Morgan fingerprint density at radius 3 is 2.50 bits per heavy atom. The van der Waals surface area contributed by atoms with Crippen molar-refractivity contribution in [1.29, 1.82) is 0 Å². The molecule has 0 amide bonds. The minimum absolute atomic E-state index is 0.925. The van der Waals surface area contributed by atoms with Crippen molar-refractivity contribution in [1.82, 2.24) is 4.98 Å². The predicted octanol–water partition coefficient (Wildman–Crippen LogP) is 3.17. The molecule has 18 heavy (non-hydrogen) atoms. The predicted molar refractivity (Wildman–Crippen MR) is 79.8 cm³/mol. The average Bonchev–Trinajstić information content (AvgIpc) is 2.76. The first kappa shape index (κ1) is 12.9. The molecule has 0 aliphatic carbocycles. The van der Waals surface area contributed by atoms with E-state index in [4.69, 9.17) is 0 Å². The summed E-state index contributed by atoms with van der Waals surface area (Å²) in [4.78, 5) is 6.55. The van der Waals surface area contributed by atoms with Crippen LogP contribution < -0.4 is 10.2 Å². The zero-order valence-corrected chi connectivity index (χ0v) is 11.9. The van der Waals surface area contributed by atoms with Gasteiger partial charge in [-0.15, -0.1) is 11.3 Å². The summed E-state index contributed by atoms with van der Waals surface area (Å²) in [7, 11) is 4.10. The van der Waals surface area contributed by atoms with Crippen LogP contribution >= 0.6 is 11.3 Å². The molecule has 0 saturated carbocycles. The summed E-state index contributed by atoms with van der Waals surface area (Å²) >= 11 is 1.73. The SMILES string of the molecule is Cc1csc(CCNc2ccc(N(C)C)cc2)n1. The summed E-state index contributed by atoms with van der Waals surface area (Å²) in [6.45, 7) is 2.96. The number of hydrogen-bond acceptors (Lipinski definition) is 4. The molecule has 0 atom stereocenters. The van der Waals surface area contributed by atoms with Crippen LogP contribution in [0.15, 0.2) is 29.6 Å². The summed E-state index contributed by atoms with van der Waals surface area (Å²) in [5.41, 5.74) is 3.50. The fourth-order valence-corrected chi connectivity index (χ4v) is 2.48. The topological polar surface area (TPSA) is 28.2 Å². The van der Waals surface area contributed by atoms with Gasteiger partial charge in [0, 0.05) is 49.5 Å². The van der Waals surface area contributed by atoms with Gasteiger partial charge in [0.2, 0.25) is 0 Å². The fourth-order valence-electron chi connectivity index (χ4n) is 1.71. The van der Waals surface area contributed by atoms with Gasteiger partial charge in [-0.05, 0) is 31.2 Å². The second kappa shape index (κ2) is 5.87. The van der Waals surface area contributed by atoms with E-state index in [0.29, 0.717) is 0 Å². The third-order valence-electron chi connectivity index (χ3n) is 2.72. The monoisotopic (exact) mass is 261 g/mol. The third kappa shape index (κ3) is 3.47. The van der Waals surface area contributed by atoms with Crippen molar-refractivity contribution < 1.29 is 0 Å². The van der Waals surface area contributed by atoms with Crippen molar-refractivity contribution in [2.45, 2.75) is 13.3 Å². The fraction of sp³-hybridized carbons (Fsp3) is 0.357. The van der Waals surface area contributed by atoms with E-state index in [9.17, 15) is 0 Å². The number of hydrogen-bond donors (Lipinski definition) is 1. The maximum Gasteiger partial charge on any atom is 0.0945 e. The summed E-state index contributed by atoms with van der Waals surface area (Å²) in [5, 5.41) is 6.71. The molecular formula is C14H19N3S. The summed E-state index contributed by atoms with van der Waals surface area (Å²) < 4.78 is 0. The van der Waals surface area contributed by atoms with Gasteiger partial charge in [0.1, 0.15) is 0 Å². The lowest BCUT2D eigenvalue weighted by atomic mass is 10.2. The molecular weight excluding hydrogens is 242 g/mol. The first-order valence-electron chi connectivity index (χ1n) is 6.07. The summed E-state index contributed by atoms with van der Waals surface area (Å²) in [6.07, 6.45) is 0.980. The molecule has 1 N–H and O–H groups in total. The third-order valence-corrected chi connectivity index (χ3v) is 3.74. The number of nitrogens with one attached hydrogen (secondary N) is 1. The van der Waals surface area contributed by atoms with Gasteiger partial charge in [-0.2, -0.15) is 0 Å². The lowest BCUT2D eigenvalue weighted by Gasteiger charge is -2.13. The van der Waals surface area contributed by atoms with E-state index >= 15 is 0 Å². The molecule has 2 rings (SSSR count). The van der Waals surface area contributed by atoms with Crippen molar-refractivity contribution in [2.75, 3.05) is 30.9 Å². The van der Waals surface area contributed by atoms with E-state index in [1.807, 2.05) is 21.0 Å². The van der Waals surface area contributed by atoms with E-state index in [1.165, 1.54) is 10.7 Å². The lowest BCUT2D eigenvalue weighted by Crippen LogP contribution is -2.09. The largest absolute Gasteiger partial charge is 0.385 e. The van der Waals surface area contributed by atoms with E-state index in [1.54, 1.807) is 11.3 Å². The van der Waals surface area contributed by atoms with E-state index in [-0.39, 0.29) is 0 Å². The van der Waals surface area contributed by atoms with Gasteiger partial charge in [0.15, 0.2) is 0 Å². The van der Waals surface area contributed by atoms with Crippen molar-refractivity contribution in [3.63, 3.8) is 0 Å². The molecule has 0 fully saturated rings. The molecule has 1 aromatic heterocycles. The number of rotatable bonds is 5. The molecule has 1 aromatic carbocycles. The molecule has 0 aliphatic heterocycles. The van der Waals surface area contributed by atoms with Crippen LogP contribution in [0.25, 0.3) is 0 Å². The highest BCUT2D eigenvalue weighted by atomic mass is 32.1. The Kier molecular flexibility index (Phi) is 4.20. The molecule has 3 nitrogen and oxygen atoms in total. The zero-order chi connectivity index (χ0) is 13.0. The summed E-state index contributed by atoms with van der Waals surface area (Å²) in [5.74, 6) is 0. The smallest absolute Gasteiger partial charge is 0.0945 e. The van der Waals surface area contributed by atoms with Gasteiger partial charge in [-0.3, -0.25) is 0 Å². The van der Waals surface area contributed by atoms with Crippen LogP contribution in [-0.4, -0.2) is 25.6 Å². The van der Waals surface area contributed by atoms with Crippen LogP contribution in [0.2, 0.25) is 0 Å². The van der Waals surface area contributed by atoms with Gasteiger partial charge in [0.25, 0.3) is 0 Å². The molecule has 0 spiro atoms. The van der Waals surface area contributed by atoms with Crippen molar-refractivity contribution in [3.05, 3.63) is 40.3 Å². The molecule has 0 bridgehead atoms. The second-order valence-corrected chi connectivity index (χ2v) is 5.44. The van der Waals surface area contributed by atoms with Crippen LogP contribution in [-0.2, 0) is 6.42 Å². The number of aromatic nitrogens is 1. The number of benzene rings is 1. The average molecular weight is 261 g/mol. The highest BCUT2D eigenvalue weighted by molar-refractivity contribution is 7.09. The first-order chi connectivity index (χ1) is 8.65. The van der Waals surface area contributed by atoms with Crippen LogP contribution in [0, 0.1) is 6.92 Å². The number of aryl methyl sites for hydroxylation is 1. The maximum atomic E-state index is 4.45. The highest BCUT2D eigenvalue weighted by Gasteiger charge is 1.99. The molecule has 0 radical (unpaired) electrons. The number of thiazole rings is 1. The maximum absolute atomic E-state index is 4.45. The van der Waals surface area contributed by atoms with Crippen molar-refractivity contribution >= 4 is 22.7 Å². The molecule has 0 saturated heterocycles. The van der Waals surface area contributed by atoms with Crippen molar-refractivity contribution in [2.24, 2.45) is 0 Å². The van der Waals surface area contributed by atoms with Crippen LogP contribution in [0.5, 0.6) is 0 Å². The Bertz CT molecular complexity index is 488. The van der Waals surface area contributed by atoms with Gasteiger partial charge >= 0.3 is 0 Å². The molecule has 0 unspecified atom stereocenters. The first-order valence-corrected chi connectivity index (χ1v) is 6.95. The summed E-state index contributed by atoms with van der Waals surface area (Å²) in [6, 6.07) is 8.47. The Labute approximate surface area is 112 Å². The van der Waals surface area contributed by atoms with Crippen LogP contribution in [0.4, 0.5) is 11.4 Å². The minimum atomic E-state index is 0.925. The Morgan fingerprint density at radius 2 is 1.94 bits per heavy atom. The molecule has 96 valence electrons. The lowest BCUT2D eigenvalue weighted by molar-refractivity contribution is 0.987. The van der Waals surface area contributed by atoms with E-state index < -0.39 is 0 Å². The molecule has 2 aromatic rings. The normalized spacial score (nSPS) is 10.4. The zero-order valence-electron chi connectivity index (χ0n) is 11.1. The molecule has 0 aliphatic rings. The number of anilines is 2.